The second kappa shape index (κ2) is 8.95. The molecule has 18 heavy (non-hydrogen) atoms. The van der Waals surface area contributed by atoms with E-state index in [1.165, 1.54) is 12.8 Å². The van der Waals surface area contributed by atoms with Crippen molar-refractivity contribution in [1.82, 2.24) is 5.32 Å². The van der Waals surface area contributed by atoms with Crippen molar-refractivity contribution in [3.8, 4) is 0 Å². The van der Waals surface area contributed by atoms with Crippen LogP contribution in [0.1, 0.15) is 72.1 Å². The van der Waals surface area contributed by atoms with Crippen molar-refractivity contribution in [3.05, 3.63) is 0 Å². The van der Waals surface area contributed by atoms with E-state index >= 15 is 0 Å². The second-order valence-electron chi connectivity index (χ2n) is 4.81. The summed E-state index contributed by atoms with van der Waals surface area (Å²) in [5.74, 6) is -1.08. The first-order valence-corrected chi connectivity index (χ1v) is 7.06. The number of carboxylic acid groups (broad SMARTS) is 1. The molecule has 0 atom stereocenters. The van der Waals surface area contributed by atoms with Crippen LogP contribution in [0.25, 0.3) is 0 Å². The first-order chi connectivity index (χ1) is 8.52. The van der Waals surface area contributed by atoms with Crippen LogP contribution in [0.2, 0.25) is 0 Å². The molecule has 0 aliphatic carbocycles. The summed E-state index contributed by atoms with van der Waals surface area (Å²) < 4.78 is 0. The molecule has 0 unspecified atom stereocenters. The lowest BCUT2D eigenvalue weighted by Crippen LogP contribution is -2.53. The fourth-order valence-electron chi connectivity index (χ4n) is 2.00. The van der Waals surface area contributed by atoms with Crippen LogP contribution in [0.5, 0.6) is 0 Å². The van der Waals surface area contributed by atoms with Crippen molar-refractivity contribution < 1.29 is 14.7 Å². The average Bonchev–Trinajstić information content (AvgIpc) is 2.35. The zero-order valence-electron chi connectivity index (χ0n) is 11.9. The van der Waals surface area contributed by atoms with Gasteiger partial charge in [0.25, 0.3) is 0 Å². The maximum atomic E-state index is 11.7. The Bertz CT molecular complexity index is 260. The van der Waals surface area contributed by atoms with E-state index in [2.05, 4.69) is 12.2 Å². The summed E-state index contributed by atoms with van der Waals surface area (Å²) in [6.45, 7) is 5.73. The first-order valence-electron chi connectivity index (χ1n) is 7.06. The summed E-state index contributed by atoms with van der Waals surface area (Å²) >= 11 is 0. The SMILES string of the molecule is CCCCCCCC(=O)NC(CC)(CC)C(=O)O. The Balaban J connectivity index is 4.08. The van der Waals surface area contributed by atoms with Gasteiger partial charge >= 0.3 is 5.97 Å². The van der Waals surface area contributed by atoms with Crippen molar-refractivity contribution >= 4 is 11.9 Å². The van der Waals surface area contributed by atoms with Crippen LogP contribution in [0.3, 0.4) is 0 Å². The Morgan fingerprint density at radius 1 is 1.00 bits per heavy atom. The third-order valence-corrected chi connectivity index (χ3v) is 3.50. The maximum absolute atomic E-state index is 11.7. The van der Waals surface area contributed by atoms with Crippen LogP contribution < -0.4 is 5.32 Å². The minimum atomic E-state index is -1.08. The molecule has 0 radical (unpaired) electrons. The number of aliphatic carboxylic acids is 1. The third-order valence-electron chi connectivity index (χ3n) is 3.50. The molecule has 0 aromatic rings. The molecule has 0 aliphatic rings. The number of amides is 1. The van der Waals surface area contributed by atoms with Crippen LogP contribution in [0.15, 0.2) is 0 Å². The number of hydrogen-bond acceptors (Lipinski definition) is 2. The molecule has 106 valence electrons. The highest BCUT2D eigenvalue weighted by atomic mass is 16.4. The van der Waals surface area contributed by atoms with Gasteiger partial charge in [-0.25, -0.2) is 4.79 Å². The normalized spacial score (nSPS) is 11.3. The van der Waals surface area contributed by atoms with Gasteiger partial charge in [-0.15, -0.1) is 0 Å². The third kappa shape index (κ3) is 5.52. The highest BCUT2D eigenvalue weighted by Crippen LogP contribution is 2.16. The van der Waals surface area contributed by atoms with Crippen molar-refractivity contribution in [1.29, 1.82) is 0 Å². The zero-order valence-corrected chi connectivity index (χ0v) is 11.9. The van der Waals surface area contributed by atoms with E-state index in [0.29, 0.717) is 19.3 Å². The number of hydrogen-bond donors (Lipinski definition) is 2. The predicted octanol–water partition coefficient (Wildman–Crippen LogP) is 3.11. The van der Waals surface area contributed by atoms with Gasteiger partial charge in [-0.1, -0.05) is 46.5 Å². The number of unbranched alkanes of at least 4 members (excludes halogenated alkanes) is 4. The molecule has 0 rings (SSSR count). The van der Waals surface area contributed by atoms with Crippen LogP contribution >= 0.6 is 0 Å². The van der Waals surface area contributed by atoms with E-state index in [9.17, 15) is 14.7 Å². The fraction of sp³-hybridized carbons (Fsp3) is 0.857. The molecule has 2 N–H and O–H groups in total. The van der Waals surface area contributed by atoms with Gasteiger partial charge < -0.3 is 10.4 Å². The summed E-state index contributed by atoms with van der Waals surface area (Å²) in [5.41, 5.74) is -1.08. The predicted molar refractivity (Wildman–Crippen MR) is 72.5 cm³/mol. The molecular weight excluding hydrogens is 230 g/mol. The van der Waals surface area contributed by atoms with Crippen molar-refractivity contribution in [2.45, 2.75) is 77.7 Å². The first kappa shape index (κ1) is 16.9. The monoisotopic (exact) mass is 257 g/mol. The molecule has 0 aromatic carbocycles. The van der Waals surface area contributed by atoms with Gasteiger partial charge in [-0.3, -0.25) is 4.79 Å². The molecule has 0 aromatic heterocycles. The van der Waals surface area contributed by atoms with Crippen molar-refractivity contribution in [2.24, 2.45) is 0 Å². The van der Waals surface area contributed by atoms with E-state index in [-0.39, 0.29) is 5.91 Å². The van der Waals surface area contributed by atoms with E-state index in [4.69, 9.17) is 0 Å². The lowest BCUT2D eigenvalue weighted by atomic mass is 9.92. The van der Waals surface area contributed by atoms with E-state index in [1.807, 2.05) is 0 Å². The lowest BCUT2D eigenvalue weighted by Gasteiger charge is -2.28. The van der Waals surface area contributed by atoms with Gasteiger partial charge in [0.2, 0.25) is 5.91 Å². The molecular formula is C14H27NO3. The minimum absolute atomic E-state index is 0.141. The summed E-state index contributed by atoms with van der Waals surface area (Å²) in [6, 6.07) is 0. The number of rotatable bonds is 10. The van der Waals surface area contributed by atoms with Gasteiger partial charge in [0.15, 0.2) is 0 Å². The summed E-state index contributed by atoms with van der Waals surface area (Å²) in [4.78, 5) is 23.0. The lowest BCUT2D eigenvalue weighted by molar-refractivity contribution is -0.148. The molecule has 0 aliphatic heterocycles. The molecule has 0 saturated carbocycles. The van der Waals surface area contributed by atoms with Gasteiger partial charge in [0.05, 0.1) is 0 Å². The minimum Gasteiger partial charge on any atom is -0.480 e. The van der Waals surface area contributed by atoms with Crippen LogP contribution in [0.4, 0.5) is 0 Å². The molecule has 1 amide bonds. The van der Waals surface area contributed by atoms with Gasteiger partial charge in [0, 0.05) is 6.42 Å². The number of nitrogens with one attached hydrogen (secondary N) is 1. The average molecular weight is 257 g/mol. The number of carbonyl (C=O) groups is 2. The van der Waals surface area contributed by atoms with Crippen molar-refractivity contribution in [2.75, 3.05) is 0 Å². The Morgan fingerprint density at radius 2 is 1.56 bits per heavy atom. The number of carbonyl (C=O) groups excluding carboxylic acids is 1. The highest BCUT2D eigenvalue weighted by Gasteiger charge is 2.35. The van der Waals surface area contributed by atoms with Crippen LogP contribution in [0, 0.1) is 0 Å². The topological polar surface area (TPSA) is 66.4 Å². The van der Waals surface area contributed by atoms with E-state index in [1.54, 1.807) is 13.8 Å². The van der Waals surface area contributed by atoms with Gasteiger partial charge in [-0.2, -0.15) is 0 Å². The summed E-state index contributed by atoms with van der Waals surface area (Å²) in [6.07, 6.45) is 6.67. The van der Waals surface area contributed by atoms with E-state index < -0.39 is 11.5 Å². The molecule has 0 saturated heterocycles. The summed E-state index contributed by atoms with van der Waals surface area (Å²) in [5, 5.41) is 11.9. The molecule has 0 heterocycles. The van der Waals surface area contributed by atoms with Crippen LogP contribution in [-0.4, -0.2) is 22.5 Å². The molecule has 0 fully saturated rings. The number of carboxylic acids is 1. The Hall–Kier alpha value is -1.06. The molecule has 4 nitrogen and oxygen atoms in total. The molecule has 0 spiro atoms. The van der Waals surface area contributed by atoms with Crippen LogP contribution in [-0.2, 0) is 9.59 Å². The standard InChI is InChI=1S/C14H27NO3/c1-4-7-8-9-10-11-12(16)15-14(5-2,6-3)13(17)18/h4-11H2,1-3H3,(H,15,16)(H,17,18). The molecule has 4 heteroatoms. The quantitative estimate of drug-likeness (QED) is 0.591. The largest absolute Gasteiger partial charge is 0.480 e. The maximum Gasteiger partial charge on any atom is 0.329 e. The zero-order chi connectivity index (χ0) is 14.0. The van der Waals surface area contributed by atoms with Crippen molar-refractivity contribution in [3.63, 3.8) is 0 Å². The fourth-order valence-corrected chi connectivity index (χ4v) is 2.00. The van der Waals surface area contributed by atoms with E-state index in [0.717, 1.165) is 19.3 Å². The summed E-state index contributed by atoms with van der Waals surface area (Å²) in [7, 11) is 0. The molecule has 0 bridgehead atoms. The van der Waals surface area contributed by atoms with Gasteiger partial charge in [0.1, 0.15) is 5.54 Å². The van der Waals surface area contributed by atoms with Gasteiger partial charge in [-0.05, 0) is 19.3 Å². The Labute approximate surface area is 110 Å². The second-order valence-corrected chi connectivity index (χ2v) is 4.81. The Kier molecular flexibility index (Phi) is 8.42. The Morgan fingerprint density at radius 3 is 2.00 bits per heavy atom. The smallest absolute Gasteiger partial charge is 0.329 e. The highest BCUT2D eigenvalue weighted by molar-refractivity contribution is 5.86.